The first-order chi connectivity index (χ1) is 15.5. The van der Waals surface area contributed by atoms with Crippen LogP contribution in [-0.4, -0.2) is 30.7 Å². The second kappa shape index (κ2) is 11.3. The molecule has 0 saturated heterocycles. The van der Waals surface area contributed by atoms with Gasteiger partial charge in [0.2, 0.25) is 0 Å². The fraction of sp³-hybridized carbons (Fsp3) is 0.269. The van der Waals surface area contributed by atoms with E-state index in [1.54, 1.807) is 25.3 Å². The number of benzene rings is 3. The number of carbonyl (C=O) groups is 1. The third-order valence-electron chi connectivity index (χ3n) is 5.25. The molecule has 3 rings (SSSR count). The highest BCUT2D eigenvalue weighted by atomic mass is 16.5. The van der Waals surface area contributed by atoms with Crippen LogP contribution in [0.4, 0.5) is 0 Å². The standard InChI is InChI=1S/C26H30N2O4/c1-18(14-19-8-11-22(31-2)12-9-19)28-16-24(29)21-10-13-25(23(15-21)26(27)30)32-17-20-6-4-3-5-7-20/h3-13,15,18,24,28-29H,14,16-17H2,1-2H3,(H2,27,30). The lowest BCUT2D eigenvalue weighted by Crippen LogP contribution is -2.32. The second-order valence-electron chi connectivity index (χ2n) is 7.77. The monoisotopic (exact) mass is 434 g/mol. The number of carbonyl (C=O) groups excluding carboxylic acids is 1. The number of nitrogens with two attached hydrogens (primary N) is 1. The molecule has 0 aliphatic heterocycles. The minimum Gasteiger partial charge on any atom is -0.497 e. The van der Waals surface area contributed by atoms with Gasteiger partial charge in [-0.1, -0.05) is 48.5 Å². The van der Waals surface area contributed by atoms with Gasteiger partial charge in [-0.2, -0.15) is 0 Å². The molecule has 0 aliphatic rings. The quantitative estimate of drug-likeness (QED) is 0.429. The van der Waals surface area contributed by atoms with Crippen molar-refractivity contribution in [3.8, 4) is 11.5 Å². The number of hydrogen-bond donors (Lipinski definition) is 3. The topological polar surface area (TPSA) is 93.8 Å². The third kappa shape index (κ3) is 6.57. The van der Waals surface area contributed by atoms with Gasteiger partial charge in [-0.25, -0.2) is 0 Å². The average Bonchev–Trinajstić information content (AvgIpc) is 2.82. The Morgan fingerprint density at radius 3 is 2.41 bits per heavy atom. The number of primary amides is 1. The molecule has 2 unspecified atom stereocenters. The molecule has 0 aromatic heterocycles. The molecule has 0 bridgehead atoms. The molecule has 4 N–H and O–H groups in total. The van der Waals surface area contributed by atoms with Gasteiger partial charge in [0.1, 0.15) is 18.1 Å². The summed E-state index contributed by atoms with van der Waals surface area (Å²) in [6, 6.07) is 22.8. The SMILES string of the molecule is COc1ccc(CC(C)NCC(O)c2ccc(OCc3ccccc3)c(C(N)=O)c2)cc1. The summed E-state index contributed by atoms with van der Waals surface area (Å²) >= 11 is 0. The fourth-order valence-electron chi connectivity index (χ4n) is 3.43. The Kier molecular flexibility index (Phi) is 8.25. The molecule has 2 atom stereocenters. The highest BCUT2D eigenvalue weighted by molar-refractivity contribution is 5.95. The summed E-state index contributed by atoms with van der Waals surface area (Å²) in [6.07, 6.45) is 0.0322. The van der Waals surface area contributed by atoms with Crippen LogP contribution in [0, 0.1) is 0 Å². The zero-order chi connectivity index (χ0) is 22.9. The van der Waals surface area contributed by atoms with Gasteiger partial charge in [-0.05, 0) is 54.3 Å². The first-order valence-electron chi connectivity index (χ1n) is 10.6. The van der Waals surface area contributed by atoms with Crippen LogP contribution in [0.2, 0.25) is 0 Å². The van der Waals surface area contributed by atoms with Gasteiger partial charge in [0.15, 0.2) is 0 Å². The zero-order valence-corrected chi connectivity index (χ0v) is 18.5. The molecule has 168 valence electrons. The fourth-order valence-corrected chi connectivity index (χ4v) is 3.43. The average molecular weight is 435 g/mol. The van der Waals surface area contributed by atoms with Crippen LogP contribution in [0.25, 0.3) is 0 Å². The summed E-state index contributed by atoms with van der Waals surface area (Å²) in [5.74, 6) is 0.632. The molecule has 0 aliphatic carbocycles. The Morgan fingerprint density at radius 2 is 1.75 bits per heavy atom. The molecule has 6 nitrogen and oxygen atoms in total. The van der Waals surface area contributed by atoms with Crippen molar-refractivity contribution in [2.45, 2.75) is 32.1 Å². The van der Waals surface area contributed by atoms with E-state index in [0.717, 1.165) is 17.7 Å². The molecular formula is C26H30N2O4. The first kappa shape index (κ1) is 23.3. The summed E-state index contributed by atoms with van der Waals surface area (Å²) in [5.41, 5.74) is 8.58. The van der Waals surface area contributed by atoms with E-state index in [1.807, 2.05) is 54.6 Å². The molecule has 0 fully saturated rings. The lowest BCUT2D eigenvalue weighted by molar-refractivity contribution is 0.0995. The van der Waals surface area contributed by atoms with E-state index < -0.39 is 12.0 Å². The second-order valence-corrected chi connectivity index (χ2v) is 7.77. The number of aliphatic hydroxyl groups is 1. The van der Waals surface area contributed by atoms with Gasteiger partial charge in [-0.3, -0.25) is 4.79 Å². The smallest absolute Gasteiger partial charge is 0.252 e. The van der Waals surface area contributed by atoms with Crippen LogP contribution >= 0.6 is 0 Å². The molecule has 3 aromatic rings. The predicted molar refractivity (Wildman–Crippen MR) is 125 cm³/mol. The Morgan fingerprint density at radius 1 is 1.03 bits per heavy atom. The number of rotatable bonds is 11. The number of hydrogen-bond acceptors (Lipinski definition) is 5. The van der Waals surface area contributed by atoms with Crippen LogP contribution in [0.1, 0.15) is 40.1 Å². The molecular weight excluding hydrogens is 404 g/mol. The lowest BCUT2D eigenvalue weighted by atomic mass is 10.0. The van der Waals surface area contributed by atoms with Crippen molar-refractivity contribution >= 4 is 5.91 Å². The lowest BCUT2D eigenvalue weighted by Gasteiger charge is -2.19. The maximum absolute atomic E-state index is 12.0. The summed E-state index contributed by atoms with van der Waals surface area (Å²) < 4.78 is 11.0. The molecule has 0 radical (unpaired) electrons. The van der Waals surface area contributed by atoms with E-state index in [4.69, 9.17) is 15.2 Å². The zero-order valence-electron chi connectivity index (χ0n) is 18.5. The summed E-state index contributed by atoms with van der Waals surface area (Å²) in [5, 5.41) is 14.0. The van der Waals surface area contributed by atoms with E-state index in [0.29, 0.717) is 24.5 Å². The summed E-state index contributed by atoms with van der Waals surface area (Å²) in [4.78, 5) is 12.0. The van der Waals surface area contributed by atoms with E-state index in [9.17, 15) is 9.90 Å². The largest absolute Gasteiger partial charge is 0.497 e. The molecule has 32 heavy (non-hydrogen) atoms. The van der Waals surface area contributed by atoms with Crippen molar-refractivity contribution in [1.29, 1.82) is 0 Å². The molecule has 1 amide bonds. The van der Waals surface area contributed by atoms with Crippen LogP contribution in [0.15, 0.2) is 72.8 Å². The van der Waals surface area contributed by atoms with Crippen molar-refractivity contribution in [1.82, 2.24) is 5.32 Å². The molecule has 0 spiro atoms. The molecule has 3 aromatic carbocycles. The molecule has 6 heteroatoms. The number of amides is 1. The normalized spacial score (nSPS) is 12.7. The highest BCUT2D eigenvalue weighted by Gasteiger charge is 2.16. The molecule has 0 heterocycles. The van der Waals surface area contributed by atoms with Crippen molar-refractivity contribution < 1.29 is 19.4 Å². The van der Waals surface area contributed by atoms with E-state index in [-0.39, 0.29) is 11.6 Å². The van der Waals surface area contributed by atoms with Gasteiger partial charge < -0.3 is 25.6 Å². The number of methoxy groups -OCH3 is 1. The van der Waals surface area contributed by atoms with Crippen molar-refractivity contribution in [3.63, 3.8) is 0 Å². The van der Waals surface area contributed by atoms with Crippen molar-refractivity contribution in [3.05, 3.63) is 95.1 Å². The van der Waals surface area contributed by atoms with E-state index in [1.165, 1.54) is 5.56 Å². The van der Waals surface area contributed by atoms with Crippen molar-refractivity contribution in [2.75, 3.05) is 13.7 Å². The minimum absolute atomic E-state index is 0.155. The minimum atomic E-state index is -0.783. The maximum Gasteiger partial charge on any atom is 0.252 e. The van der Waals surface area contributed by atoms with E-state index in [2.05, 4.69) is 12.2 Å². The number of aliphatic hydroxyl groups excluding tert-OH is 1. The first-order valence-corrected chi connectivity index (χ1v) is 10.6. The van der Waals surface area contributed by atoms with Crippen molar-refractivity contribution in [2.24, 2.45) is 5.73 Å². The van der Waals surface area contributed by atoms with Gasteiger partial charge >= 0.3 is 0 Å². The Labute approximate surface area is 189 Å². The van der Waals surface area contributed by atoms with Crippen LogP contribution in [0.3, 0.4) is 0 Å². The summed E-state index contributed by atoms with van der Waals surface area (Å²) in [7, 11) is 1.65. The van der Waals surface area contributed by atoms with Gasteiger partial charge in [0, 0.05) is 12.6 Å². The Bertz CT molecular complexity index is 1010. The number of ether oxygens (including phenoxy) is 2. The van der Waals surface area contributed by atoms with Gasteiger partial charge in [-0.15, -0.1) is 0 Å². The van der Waals surface area contributed by atoms with Crippen LogP contribution in [-0.2, 0) is 13.0 Å². The van der Waals surface area contributed by atoms with Crippen LogP contribution < -0.4 is 20.5 Å². The van der Waals surface area contributed by atoms with E-state index >= 15 is 0 Å². The Balaban J connectivity index is 1.58. The summed E-state index contributed by atoms with van der Waals surface area (Å²) in [6.45, 7) is 2.74. The van der Waals surface area contributed by atoms with Gasteiger partial charge in [0.25, 0.3) is 5.91 Å². The third-order valence-corrected chi connectivity index (χ3v) is 5.25. The Hall–Kier alpha value is -3.35. The number of nitrogens with one attached hydrogen (secondary N) is 1. The predicted octanol–water partition coefficient (Wildman–Crippen LogP) is 3.63. The van der Waals surface area contributed by atoms with Gasteiger partial charge in [0.05, 0.1) is 18.8 Å². The van der Waals surface area contributed by atoms with Crippen LogP contribution in [0.5, 0.6) is 11.5 Å². The highest BCUT2D eigenvalue weighted by Crippen LogP contribution is 2.24. The molecule has 0 saturated carbocycles. The maximum atomic E-state index is 12.0.